The van der Waals surface area contributed by atoms with E-state index in [0.717, 1.165) is 60.9 Å². The number of thiazole rings is 1. The molecule has 2 aromatic heterocycles. The molecule has 0 unspecified atom stereocenters. The molecule has 0 bridgehead atoms. The Morgan fingerprint density at radius 1 is 1.00 bits per heavy atom. The molecule has 3 atom stereocenters. The number of allylic oxidation sites excluding steroid dienone is 1. The van der Waals surface area contributed by atoms with Crippen molar-refractivity contribution >= 4 is 40.1 Å². The molecular formula is C33H36N4O4S. The maximum Gasteiger partial charge on any atom is 0.304 e. The first kappa shape index (κ1) is 28.3. The number of anilines is 2. The van der Waals surface area contributed by atoms with Crippen molar-refractivity contribution in [2.24, 2.45) is 23.7 Å². The van der Waals surface area contributed by atoms with Gasteiger partial charge >= 0.3 is 5.97 Å². The number of amides is 2. The molecule has 1 aromatic carbocycles. The van der Waals surface area contributed by atoms with Crippen molar-refractivity contribution in [3.8, 4) is 22.4 Å². The minimum absolute atomic E-state index is 0.0232. The van der Waals surface area contributed by atoms with Gasteiger partial charge in [-0.2, -0.15) is 0 Å². The fourth-order valence-electron chi connectivity index (χ4n) is 6.80. The van der Waals surface area contributed by atoms with E-state index < -0.39 is 11.9 Å². The van der Waals surface area contributed by atoms with Crippen LogP contribution in [0.5, 0.6) is 0 Å². The molecule has 3 aromatic rings. The van der Waals surface area contributed by atoms with Crippen LogP contribution in [0.2, 0.25) is 0 Å². The molecule has 1 saturated carbocycles. The van der Waals surface area contributed by atoms with Gasteiger partial charge in [-0.3, -0.25) is 24.2 Å². The van der Waals surface area contributed by atoms with E-state index in [1.165, 1.54) is 11.3 Å². The molecule has 2 fully saturated rings. The summed E-state index contributed by atoms with van der Waals surface area (Å²) in [6.45, 7) is 3.01. The second-order valence-electron chi connectivity index (χ2n) is 11.7. The molecule has 8 nitrogen and oxygen atoms in total. The number of nitrogens with zero attached hydrogens (tertiary/aromatic N) is 4. The van der Waals surface area contributed by atoms with Crippen LogP contribution >= 0.6 is 11.3 Å². The quantitative estimate of drug-likeness (QED) is 0.321. The molecule has 42 heavy (non-hydrogen) atoms. The van der Waals surface area contributed by atoms with Crippen LogP contribution in [0.15, 0.2) is 60.1 Å². The summed E-state index contributed by atoms with van der Waals surface area (Å²) >= 11 is 1.40. The zero-order valence-corrected chi connectivity index (χ0v) is 24.6. The Morgan fingerprint density at radius 3 is 2.48 bits per heavy atom. The highest BCUT2D eigenvalue weighted by Gasteiger charge is 2.40. The van der Waals surface area contributed by atoms with Crippen LogP contribution in [-0.4, -0.2) is 45.9 Å². The van der Waals surface area contributed by atoms with Crippen molar-refractivity contribution in [3.63, 3.8) is 0 Å². The number of carboxylic acid groups (broad SMARTS) is 1. The summed E-state index contributed by atoms with van der Waals surface area (Å²) in [7, 11) is 0. The molecule has 3 aliphatic rings. The first-order valence-corrected chi connectivity index (χ1v) is 15.8. The highest BCUT2D eigenvalue weighted by Crippen LogP contribution is 2.41. The third-order valence-corrected chi connectivity index (χ3v) is 9.96. The SMILES string of the molecule is C[C@@H]1CCN(c2ccc(-c3ccccc3-c3csc(N4C/C=C\C[C@H](C5CCCC5)[C@H](CC(=O)O)C4=O)n3)cn2)C1=O. The summed E-state index contributed by atoms with van der Waals surface area (Å²) in [6, 6.07) is 11.8. The van der Waals surface area contributed by atoms with Crippen molar-refractivity contribution in [2.45, 2.75) is 51.9 Å². The van der Waals surface area contributed by atoms with Gasteiger partial charge in [0.25, 0.3) is 0 Å². The largest absolute Gasteiger partial charge is 0.481 e. The minimum atomic E-state index is -0.933. The second-order valence-corrected chi connectivity index (χ2v) is 12.6. The first-order valence-electron chi connectivity index (χ1n) is 14.9. The van der Waals surface area contributed by atoms with E-state index in [9.17, 15) is 19.5 Å². The van der Waals surface area contributed by atoms with Crippen LogP contribution in [-0.2, 0) is 14.4 Å². The van der Waals surface area contributed by atoms with Crippen molar-refractivity contribution in [1.82, 2.24) is 9.97 Å². The van der Waals surface area contributed by atoms with E-state index in [1.807, 2.05) is 54.8 Å². The van der Waals surface area contributed by atoms with Gasteiger partial charge in [-0.05, 0) is 42.4 Å². The Balaban J connectivity index is 1.28. The number of rotatable bonds is 7. The van der Waals surface area contributed by atoms with Gasteiger partial charge < -0.3 is 5.11 Å². The van der Waals surface area contributed by atoms with Crippen molar-refractivity contribution in [3.05, 3.63) is 60.1 Å². The highest BCUT2D eigenvalue weighted by atomic mass is 32.1. The molecule has 6 rings (SSSR count). The Hall–Kier alpha value is -3.85. The Labute approximate surface area is 250 Å². The number of carbonyl (C=O) groups excluding carboxylic acids is 2. The zero-order chi connectivity index (χ0) is 29.2. The molecule has 0 radical (unpaired) electrons. The molecule has 2 amide bonds. The van der Waals surface area contributed by atoms with Crippen molar-refractivity contribution in [2.75, 3.05) is 22.9 Å². The highest BCUT2D eigenvalue weighted by molar-refractivity contribution is 7.14. The van der Waals surface area contributed by atoms with Gasteiger partial charge in [-0.25, -0.2) is 9.97 Å². The fraction of sp³-hybridized carbons (Fsp3) is 0.424. The summed E-state index contributed by atoms with van der Waals surface area (Å²) in [4.78, 5) is 51.3. The first-order chi connectivity index (χ1) is 20.4. The summed E-state index contributed by atoms with van der Waals surface area (Å²) in [5.74, 6) is -0.425. The lowest BCUT2D eigenvalue weighted by atomic mass is 9.75. The second kappa shape index (κ2) is 12.2. The number of pyridine rings is 1. The van der Waals surface area contributed by atoms with Crippen LogP contribution < -0.4 is 9.80 Å². The predicted molar refractivity (Wildman–Crippen MR) is 164 cm³/mol. The Bertz CT molecular complexity index is 1490. The van der Waals surface area contributed by atoms with Gasteiger partial charge in [0.15, 0.2) is 5.13 Å². The molecule has 4 heterocycles. The van der Waals surface area contributed by atoms with E-state index in [4.69, 9.17) is 4.98 Å². The summed E-state index contributed by atoms with van der Waals surface area (Å²) in [5.41, 5.74) is 3.54. The molecule has 1 aliphatic carbocycles. The fourth-order valence-corrected chi connectivity index (χ4v) is 7.64. The van der Waals surface area contributed by atoms with Crippen LogP contribution in [0.1, 0.15) is 51.9 Å². The molecule has 218 valence electrons. The molecule has 2 aliphatic heterocycles. The number of aliphatic carboxylic acids is 1. The van der Waals surface area contributed by atoms with Crippen LogP contribution in [0.3, 0.4) is 0 Å². The van der Waals surface area contributed by atoms with Gasteiger partial charge in [0.05, 0.1) is 18.0 Å². The number of hydrogen-bond donors (Lipinski definition) is 1. The molecule has 0 spiro atoms. The average Bonchev–Trinajstić information content (AvgIpc) is 3.76. The van der Waals surface area contributed by atoms with E-state index in [0.29, 0.717) is 30.0 Å². The molecule has 1 N–H and O–H groups in total. The minimum Gasteiger partial charge on any atom is -0.481 e. The van der Waals surface area contributed by atoms with E-state index >= 15 is 0 Å². The summed E-state index contributed by atoms with van der Waals surface area (Å²) in [5, 5.41) is 12.3. The summed E-state index contributed by atoms with van der Waals surface area (Å²) < 4.78 is 0. The van der Waals surface area contributed by atoms with E-state index in [1.54, 1.807) is 16.0 Å². The number of carbonyl (C=O) groups is 3. The lowest BCUT2D eigenvalue weighted by molar-refractivity contribution is -0.142. The monoisotopic (exact) mass is 584 g/mol. The van der Waals surface area contributed by atoms with Crippen LogP contribution in [0.25, 0.3) is 22.4 Å². The number of aromatic nitrogens is 2. The third-order valence-electron chi connectivity index (χ3n) is 9.10. The average molecular weight is 585 g/mol. The maximum absolute atomic E-state index is 14.0. The number of carboxylic acids is 1. The smallest absolute Gasteiger partial charge is 0.304 e. The lowest BCUT2D eigenvalue weighted by Crippen LogP contribution is -2.43. The van der Waals surface area contributed by atoms with Gasteiger partial charge in [0, 0.05) is 41.7 Å². The Morgan fingerprint density at radius 2 is 1.79 bits per heavy atom. The third kappa shape index (κ3) is 5.62. The van der Waals surface area contributed by atoms with Gasteiger partial charge in [-0.15, -0.1) is 11.3 Å². The standard InChI is InChI=1S/C33H36N4O4S/c1-21-15-17-36(31(21)40)29-14-13-23(19-34-29)25-10-4-5-12-26(25)28-20-42-33(35-28)37-16-7-6-11-24(22-8-2-3-9-22)27(32(37)41)18-30(38)39/h4-7,10,12-14,19-22,24,27H,2-3,8-9,11,15-18H2,1H3,(H,38,39)/b7-6-/t21-,24-,27+/m1/s1. The van der Waals surface area contributed by atoms with Gasteiger partial charge in [0.1, 0.15) is 5.82 Å². The zero-order valence-electron chi connectivity index (χ0n) is 23.8. The number of benzene rings is 1. The molecule has 9 heteroatoms. The van der Waals surface area contributed by atoms with E-state index in [2.05, 4.69) is 11.1 Å². The van der Waals surface area contributed by atoms with E-state index in [-0.39, 0.29) is 30.1 Å². The normalized spacial score (nSPS) is 24.2. The maximum atomic E-state index is 14.0. The summed E-state index contributed by atoms with van der Waals surface area (Å²) in [6.07, 6.45) is 11.8. The van der Waals surface area contributed by atoms with Crippen LogP contribution in [0.4, 0.5) is 10.9 Å². The topological polar surface area (TPSA) is 104 Å². The molecular weight excluding hydrogens is 548 g/mol. The number of hydrogen-bond acceptors (Lipinski definition) is 6. The van der Waals surface area contributed by atoms with Crippen LogP contribution in [0, 0.1) is 23.7 Å². The molecule has 1 saturated heterocycles. The van der Waals surface area contributed by atoms with Gasteiger partial charge in [-0.1, -0.05) is 69.0 Å². The Kier molecular flexibility index (Phi) is 8.20. The van der Waals surface area contributed by atoms with Gasteiger partial charge in [0.2, 0.25) is 11.8 Å². The van der Waals surface area contributed by atoms with Crippen molar-refractivity contribution in [1.29, 1.82) is 0 Å². The lowest BCUT2D eigenvalue weighted by Gasteiger charge is -2.34. The van der Waals surface area contributed by atoms with Crippen molar-refractivity contribution < 1.29 is 19.5 Å². The predicted octanol–water partition coefficient (Wildman–Crippen LogP) is 6.44.